The average molecular weight is 627 g/mol. The van der Waals surface area contributed by atoms with Crippen molar-refractivity contribution in [3.63, 3.8) is 0 Å². The molecule has 12 heteroatoms. The third kappa shape index (κ3) is 12.2. The summed E-state index contributed by atoms with van der Waals surface area (Å²) in [5.41, 5.74) is 1.48. The first-order valence-corrected chi connectivity index (χ1v) is 15.3. The van der Waals surface area contributed by atoms with E-state index in [1.165, 1.54) is 25.7 Å². The lowest BCUT2D eigenvalue weighted by molar-refractivity contribution is -0.757. The predicted octanol–water partition coefficient (Wildman–Crippen LogP) is 5.72. The van der Waals surface area contributed by atoms with Crippen molar-refractivity contribution in [1.82, 2.24) is 4.90 Å². The lowest BCUT2D eigenvalue weighted by Crippen LogP contribution is -2.35. The van der Waals surface area contributed by atoms with Crippen molar-refractivity contribution in [3.8, 4) is 11.5 Å². The van der Waals surface area contributed by atoms with Gasteiger partial charge < -0.3 is 23.8 Å². The van der Waals surface area contributed by atoms with Crippen LogP contribution in [0, 0.1) is 10.1 Å². The maximum Gasteiger partial charge on any atom is 0.344 e. The summed E-state index contributed by atoms with van der Waals surface area (Å²) in [7, 11) is 1.44. The van der Waals surface area contributed by atoms with Crippen molar-refractivity contribution in [3.05, 3.63) is 75.3 Å². The number of ether oxygens (including phenoxy) is 4. The number of hydrogen-bond acceptors (Lipinski definition) is 11. The van der Waals surface area contributed by atoms with Gasteiger partial charge in [-0.25, -0.2) is 9.59 Å². The molecule has 244 valence electrons. The summed E-state index contributed by atoms with van der Waals surface area (Å²) in [5.74, 6) is -1.05. The van der Waals surface area contributed by atoms with E-state index >= 15 is 0 Å². The van der Waals surface area contributed by atoms with Crippen molar-refractivity contribution >= 4 is 24.0 Å². The molecule has 1 fully saturated rings. The van der Waals surface area contributed by atoms with Gasteiger partial charge >= 0.3 is 17.9 Å². The summed E-state index contributed by atoms with van der Waals surface area (Å²) < 4.78 is 22.2. The van der Waals surface area contributed by atoms with Gasteiger partial charge in [0.15, 0.2) is 11.5 Å². The number of carbonyl (C=O) groups excluding carboxylic acids is 3. The van der Waals surface area contributed by atoms with Gasteiger partial charge in [-0.1, -0.05) is 44.0 Å². The second-order valence-electron chi connectivity index (χ2n) is 10.6. The Bertz CT molecular complexity index is 1310. The molecule has 2 aromatic rings. The normalized spacial score (nSPS) is 14.0. The minimum atomic E-state index is -0.866. The maximum atomic E-state index is 13.4. The standard InChI is InChI=1S/C33H42N2O10/c1-3-4-14-28(44-32(37)24-34-19-8-5-9-20-34)26-12-6-7-13-27(26)33(38)45-29-17-15-25(23-30(29)41-2)16-18-31(36)42-21-10-11-22-43-35(39)40/h6-7,12-13,15-18,23,28H,3-5,8-11,14,19-22,24H2,1-2H3/b18-16+. The molecule has 1 aliphatic rings. The quantitative estimate of drug-likeness (QED) is 0.0500. The van der Waals surface area contributed by atoms with Crippen LogP contribution >= 0.6 is 0 Å². The van der Waals surface area contributed by atoms with Gasteiger partial charge in [-0.15, -0.1) is 10.1 Å². The Hall–Kier alpha value is -4.45. The average Bonchev–Trinajstić information content (AvgIpc) is 3.04. The monoisotopic (exact) mass is 626 g/mol. The van der Waals surface area contributed by atoms with Crippen LogP contribution < -0.4 is 9.47 Å². The molecule has 1 unspecified atom stereocenters. The van der Waals surface area contributed by atoms with E-state index in [0.717, 1.165) is 38.8 Å². The molecule has 0 N–H and O–H groups in total. The molecular formula is C33H42N2O10. The zero-order valence-electron chi connectivity index (χ0n) is 25.9. The molecule has 1 atom stereocenters. The summed E-state index contributed by atoms with van der Waals surface area (Å²) in [6, 6.07) is 11.8. The van der Waals surface area contributed by atoms with Gasteiger partial charge in [0.25, 0.3) is 5.09 Å². The van der Waals surface area contributed by atoms with E-state index in [4.69, 9.17) is 18.9 Å². The highest BCUT2D eigenvalue weighted by molar-refractivity contribution is 5.93. The molecule has 12 nitrogen and oxygen atoms in total. The summed E-state index contributed by atoms with van der Waals surface area (Å²) >= 11 is 0. The number of piperidine rings is 1. The molecule has 0 amide bonds. The van der Waals surface area contributed by atoms with Crippen LogP contribution in [-0.4, -0.2) is 67.9 Å². The molecule has 0 bridgehead atoms. The van der Waals surface area contributed by atoms with Crippen molar-refractivity contribution in [2.45, 2.75) is 64.4 Å². The third-order valence-corrected chi connectivity index (χ3v) is 7.20. The van der Waals surface area contributed by atoms with Gasteiger partial charge in [0, 0.05) is 11.6 Å². The molecule has 1 saturated heterocycles. The number of esters is 3. The van der Waals surface area contributed by atoms with Gasteiger partial charge in [0.2, 0.25) is 0 Å². The first-order valence-electron chi connectivity index (χ1n) is 15.3. The Balaban J connectivity index is 1.64. The lowest BCUT2D eigenvalue weighted by Gasteiger charge is -2.27. The Morgan fingerprint density at radius 1 is 1.00 bits per heavy atom. The van der Waals surface area contributed by atoms with Crippen LogP contribution in [0.4, 0.5) is 0 Å². The van der Waals surface area contributed by atoms with Gasteiger partial charge in [0.1, 0.15) is 6.10 Å². The highest BCUT2D eigenvalue weighted by atomic mass is 16.9. The number of rotatable bonds is 18. The second kappa shape index (κ2) is 19.0. The molecule has 45 heavy (non-hydrogen) atoms. The first-order chi connectivity index (χ1) is 21.8. The maximum absolute atomic E-state index is 13.4. The fourth-order valence-electron chi connectivity index (χ4n) is 4.88. The van der Waals surface area contributed by atoms with Gasteiger partial charge in [-0.05, 0) is 81.5 Å². The van der Waals surface area contributed by atoms with Crippen molar-refractivity contribution in [2.24, 2.45) is 0 Å². The van der Waals surface area contributed by atoms with Crippen LogP contribution in [0.5, 0.6) is 11.5 Å². The summed E-state index contributed by atoms with van der Waals surface area (Å²) in [6.45, 7) is 4.08. The molecule has 0 aliphatic carbocycles. The van der Waals surface area contributed by atoms with Gasteiger partial charge in [0.05, 0.1) is 32.4 Å². The van der Waals surface area contributed by atoms with E-state index < -0.39 is 23.1 Å². The number of carbonyl (C=O) groups is 3. The molecule has 3 rings (SSSR count). The molecule has 0 spiro atoms. The van der Waals surface area contributed by atoms with Crippen molar-refractivity contribution in [1.29, 1.82) is 0 Å². The fourth-order valence-corrected chi connectivity index (χ4v) is 4.88. The van der Waals surface area contributed by atoms with E-state index in [2.05, 4.69) is 16.7 Å². The van der Waals surface area contributed by atoms with Crippen LogP contribution in [0.3, 0.4) is 0 Å². The fraction of sp³-hybridized carbons (Fsp3) is 0.485. The number of benzene rings is 2. The van der Waals surface area contributed by atoms with E-state index in [0.29, 0.717) is 36.0 Å². The third-order valence-electron chi connectivity index (χ3n) is 7.20. The number of likely N-dealkylation sites (tertiary alicyclic amines) is 1. The molecule has 0 saturated carbocycles. The first kappa shape index (κ1) is 35.0. The topological polar surface area (TPSA) is 144 Å². The second-order valence-corrected chi connectivity index (χ2v) is 10.6. The Morgan fingerprint density at radius 2 is 1.76 bits per heavy atom. The van der Waals surface area contributed by atoms with E-state index in [9.17, 15) is 24.5 Å². The number of hydrogen-bond donors (Lipinski definition) is 0. The molecule has 0 aromatic heterocycles. The van der Waals surface area contributed by atoms with Crippen LogP contribution in [0.15, 0.2) is 48.5 Å². The largest absolute Gasteiger partial charge is 0.493 e. The van der Waals surface area contributed by atoms with Crippen molar-refractivity contribution in [2.75, 3.05) is 40.0 Å². The SMILES string of the molecule is CCCCC(OC(=O)CN1CCCCC1)c1ccccc1C(=O)Oc1ccc(/C=C/C(=O)OCCCCO[N+](=O)[O-])cc1OC. The Morgan fingerprint density at radius 3 is 2.49 bits per heavy atom. The molecule has 0 radical (unpaired) electrons. The lowest BCUT2D eigenvalue weighted by atomic mass is 9.98. The molecular weight excluding hydrogens is 584 g/mol. The molecule has 1 heterocycles. The highest BCUT2D eigenvalue weighted by Gasteiger charge is 2.25. The summed E-state index contributed by atoms with van der Waals surface area (Å²) in [5, 5.41) is 9.27. The smallest absolute Gasteiger partial charge is 0.344 e. The van der Waals surface area contributed by atoms with Crippen LogP contribution in [0.25, 0.3) is 6.08 Å². The van der Waals surface area contributed by atoms with Crippen molar-refractivity contribution < 1.29 is 43.3 Å². The van der Waals surface area contributed by atoms with Gasteiger partial charge in [-0.3, -0.25) is 9.69 Å². The minimum absolute atomic E-state index is 0.0611. The molecule has 1 aliphatic heterocycles. The number of methoxy groups -OCH3 is 1. The van der Waals surface area contributed by atoms with Crippen LogP contribution in [0.2, 0.25) is 0 Å². The number of unbranched alkanes of at least 4 members (excludes halogenated alkanes) is 2. The van der Waals surface area contributed by atoms with Crippen LogP contribution in [0.1, 0.15) is 85.9 Å². The van der Waals surface area contributed by atoms with E-state index in [1.807, 2.05) is 0 Å². The van der Waals surface area contributed by atoms with Gasteiger partial charge in [-0.2, -0.15) is 0 Å². The van der Waals surface area contributed by atoms with Crippen LogP contribution in [-0.2, 0) is 23.9 Å². The predicted molar refractivity (Wildman–Crippen MR) is 165 cm³/mol. The Labute approximate surface area is 263 Å². The number of nitrogens with zero attached hydrogens (tertiary/aromatic N) is 2. The highest BCUT2D eigenvalue weighted by Crippen LogP contribution is 2.32. The zero-order chi connectivity index (χ0) is 32.4. The zero-order valence-corrected chi connectivity index (χ0v) is 25.9. The van der Waals surface area contributed by atoms with E-state index in [-0.39, 0.29) is 37.2 Å². The summed E-state index contributed by atoms with van der Waals surface area (Å²) in [4.78, 5) is 54.8. The Kier molecular flexibility index (Phi) is 14.8. The minimum Gasteiger partial charge on any atom is -0.493 e. The summed E-state index contributed by atoms with van der Waals surface area (Å²) in [6.07, 6.45) is 8.60. The van der Waals surface area contributed by atoms with E-state index in [1.54, 1.807) is 42.5 Å². The molecule has 2 aromatic carbocycles.